The number of nitrogen functional groups attached to an aromatic ring is 1. The number of hydrogen-bond donors (Lipinski definition) is 2. The largest absolute Gasteiger partial charge is 0.399 e. The van der Waals surface area contributed by atoms with Gasteiger partial charge in [0.15, 0.2) is 17.5 Å². The lowest BCUT2D eigenvalue weighted by atomic mass is 10.2. The maximum absolute atomic E-state index is 13.1. The van der Waals surface area contributed by atoms with Gasteiger partial charge in [-0.05, 0) is 24.6 Å². The van der Waals surface area contributed by atoms with Gasteiger partial charge in [0.1, 0.15) is 0 Å². The fraction of sp³-hybridized carbons (Fsp3) is 0.0769. The predicted molar refractivity (Wildman–Crippen MR) is 72.7 cm³/mol. The lowest BCUT2D eigenvalue weighted by Crippen LogP contribution is -2.15. The van der Waals surface area contributed by atoms with Gasteiger partial charge in [0, 0.05) is 17.8 Å². The van der Waals surface area contributed by atoms with Crippen LogP contribution in [0.2, 0.25) is 0 Å². The Balaban J connectivity index is 2.45. The summed E-state index contributed by atoms with van der Waals surface area (Å²) in [5.74, 6) is -4.65. The van der Waals surface area contributed by atoms with Crippen molar-refractivity contribution in [2.45, 2.75) is 11.8 Å². The molecule has 8 heteroatoms. The highest BCUT2D eigenvalue weighted by Gasteiger charge is 2.19. The minimum Gasteiger partial charge on any atom is -0.399 e. The Bertz CT molecular complexity index is 784. The van der Waals surface area contributed by atoms with Crippen molar-refractivity contribution in [3.8, 4) is 0 Å². The molecule has 2 aromatic carbocycles. The number of nitrogens with one attached hydrogen (secondary N) is 1. The molecule has 0 aromatic heterocycles. The predicted octanol–water partition coefficient (Wildman–Crippen LogP) is 2.80. The smallest absolute Gasteiger partial charge is 0.262 e. The Morgan fingerprint density at radius 2 is 1.62 bits per heavy atom. The van der Waals surface area contributed by atoms with Crippen molar-refractivity contribution < 1.29 is 21.6 Å². The summed E-state index contributed by atoms with van der Waals surface area (Å²) in [7, 11) is -4.10. The zero-order valence-corrected chi connectivity index (χ0v) is 11.6. The van der Waals surface area contributed by atoms with Crippen LogP contribution in [0.5, 0.6) is 0 Å². The summed E-state index contributed by atoms with van der Waals surface area (Å²) in [6.07, 6.45) is 0. The summed E-state index contributed by atoms with van der Waals surface area (Å²) in [6, 6.07) is 5.34. The van der Waals surface area contributed by atoms with Crippen molar-refractivity contribution in [3.63, 3.8) is 0 Å². The minimum absolute atomic E-state index is 0.132. The summed E-state index contributed by atoms with van der Waals surface area (Å²) < 4.78 is 65.4. The summed E-state index contributed by atoms with van der Waals surface area (Å²) in [4.78, 5) is -0.132. The number of aryl methyl sites for hydroxylation is 1. The highest BCUT2D eigenvalue weighted by molar-refractivity contribution is 7.92. The molecule has 0 fully saturated rings. The number of benzene rings is 2. The number of rotatable bonds is 3. The number of sulfonamides is 1. The molecule has 0 aliphatic rings. The normalized spacial score (nSPS) is 11.4. The minimum atomic E-state index is -4.10. The first-order valence-electron chi connectivity index (χ1n) is 5.74. The number of halogens is 3. The first-order chi connectivity index (χ1) is 9.70. The van der Waals surface area contributed by atoms with Crippen LogP contribution in [0, 0.1) is 24.4 Å². The summed E-state index contributed by atoms with van der Waals surface area (Å²) in [6.45, 7) is 1.54. The molecular formula is C13H11F3N2O2S. The van der Waals surface area contributed by atoms with Crippen molar-refractivity contribution in [2.24, 2.45) is 0 Å². The van der Waals surface area contributed by atoms with E-state index in [1.165, 1.54) is 18.2 Å². The molecule has 0 saturated carbocycles. The molecule has 0 amide bonds. The Labute approximate surface area is 119 Å². The van der Waals surface area contributed by atoms with Crippen LogP contribution in [-0.4, -0.2) is 8.42 Å². The summed E-state index contributed by atoms with van der Waals surface area (Å²) >= 11 is 0. The second-order valence-corrected chi connectivity index (χ2v) is 6.04. The standard InChI is InChI=1S/C13H11F3N2O2S/c1-7-2-3-8(17)4-12(7)21(19,20)18-9-5-10(14)13(16)11(15)6-9/h2-6,18H,17H2,1H3. The van der Waals surface area contributed by atoms with E-state index in [4.69, 9.17) is 5.73 Å². The van der Waals surface area contributed by atoms with E-state index < -0.39 is 33.2 Å². The van der Waals surface area contributed by atoms with Crippen LogP contribution in [-0.2, 0) is 10.0 Å². The van der Waals surface area contributed by atoms with Gasteiger partial charge in [-0.15, -0.1) is 0 Å². The van der Waals surface area contributed by atoms with Gasteiger partial charge < -0.3 is 5.73 Å². The molecule has 112 valence electrons. The van der Waals surface area contributed by atoms with Crippen molar-refractivity contribution >= 4 is 21.4 Å². The van der Waals surface area contributed by atoms with Crippen molar-refractivity contribution in [1.29, 1.82) is 0 Å². The summed E-state index contributed by atoms with van der Waals surface area (Å²) in [5.41, 5.74) is 5.72. The van der Waals surface area contributed by atoms with E-state index in [1.807, 2.05) is 4.72 Å². The molecule has 2 rings (SSSR count). The van der Waals surface area contributed by atoms with Gasteiger partial charge in [0.2, 0.25) is 0 Å². The number of anilines is 2. The monoisotopic (exact) mass is 316 g/mol. The molecule has 3 N–H and O–H groups in total. The lowest BCUT2D eigenvalue weighted by Gasteiger charge is -2.11. The van der Waals surface area contributed by atoms with Crippen LogP contribution in [0.25, 0.3) is 0 Å². The number of nitrogens with two attached hydrogens (primary N) is 1. The van der Waals surface area contributed by atoms with Crippen LogP contribution >= 0.6 is 0 Å². The van der Waals surface area contributed by atoms with Gasteiger partial charge in [0.25, 0.3) is 10.0 Å². The van der Waals surface area contributed by atoms with Gasteiger partial charge in [-0.25, -0.2) is 21.6 Å². The molecule has 2 aromatic rings. The van der Waals surface area contributed by atoms with Crippen LogP contribution in [0.4, 0.5) is 24.5 Å². The molecule has 0 radical (unpaired) electrons. The van der Waals surface area contributed by atoms with Gasteiger partial charge in [-0.3, -0.25) is 4.72 Å². The van der Waals surface area contributed by atoms with E-state index in [0.717, 1.165) is 0 Å². The van der Waals surface area contributed by atoms with Crippen LogP contribution in [0.3, 0.4) is 0 Å². The molecule has 0 aliphatic heterocycles. The average molecular weight is 316 g/mol. The van der Waals surface area contributed by atoms with Crippen LogP contribution in [0.15, 0.2) is 35.2 Å². The highest BCUT2D eigenvalue weighted by Crippen LogP contribution is 2.23. The van der Waals surface area contributed by atoms with E-state index in [-0.39, 0.29) is 10.6 Å². The van der Waals surface area contributed by atoms with Crippen molar-refractivity contribution in [1.82, 2.24) is 0 Å². The second kappa shape index (κ2) is 5.28. The lowest BCUT2D eigenvalue weighted by molar-refractivity contribution is 0.448. The first-order valence-corrected chi connectivity index (χ1v) is 7.22. The van der Waals surface area contributed by atoms with Crippen molar-refractivity contribution in [3.05, 3.63) is 53.3 Å². The van der Waals surface area contributed by atoms with E-state index >= 15 is 0 Å². The van der Waals surface area contributed by atoms with E-state index in [9.17, 15) is 21.6 Å². The molecule has 0 bridgehead atoms. The van der Waals surface area contributed by atoms with Gasteiger partial charge in [0.05, 0.1) is 10.6 Å². The Morgan fingerprint density at radius 1 is 1.05 bits per heavy atom. The van der Waals surface area contributed by atoms with Crippen LogP contribution < -0.4 is 10.5 Å². The molecule has 0 heterocycles. The van der Waals surface area contributed by atoms with Crippen LogP contribution in [0.1, 0.15) is 5.56 Å². The molecule has 0 atom stereocenters. The Kier molecular flexibility index (Phi) is 3.82. The van der Waals surface area contributed by atoms with E-state index in [1.54, 1.807) is 6.92 Å². The molecule has 0 aliphatic carbocycles. The quantitative estimate of drug-likeness (QED) is 0.675. The number of hydrogen-bond acceptors (Lipinski definition) is 3. The van der Waals surface area contributed by atoms with E-state index in [0.29, 0.717) is 17.7 Å². The molecule has 0 unspecified atom stereocenters. The van der Waals surface area contributed by atoms with Gasteiger partial charge in [-0.1, -0.05) is 6.07 Å². The SMILES string of the molecule is Cc1ccc(N)cc1S(=O)(=O)Nc1cc(F)c(F)c(F)c1. The second-order valence-electron chi connectivity index (χ2n) is 4.38. The maximum Gasteiger partial charge on any atom is 0.262 e. The fourth-order valence-corrected chi connectivity index (χ4v) is 3.05. The summed E-state index contributed by atoms with van der Waals surface area (Å²) in [5, 5.41) is 0. The molecule has 0 spiro atoms. The van der Waals surface area contributed by atoms with Crippen molar-refractivity contribution in [2.75, 3.05) is 10.5 Å². The maximum atomic E-state index is 13.1. The molecule has 0 saturated heterocycles. The third-order valence-corrected chi connectivity index (χ3v) is 4.26. The van der Waals surface area contributed by atoms with Gasteiger partial charge in [-0.2, -0.15) is 0 Å². The Morgan fingerprint density at radius 3 is 2.19 bits per heavy atom. The average Bonchev–Trinajstić information content (AvgIpc) is 2.38. The fourth-order valence-electron chi connectivity index (χ4n) is 1.73. The third-order valence-electron chi connectivity index (χ3n) is 2.74. The third kappa shape index (κ3) is 3.10. The molecule has 21 heavy (non-hydrogen) atoms. The molecule has 4 nitrogen and oxygen atoms in total. The van der Waals surface area contributed by atoms with Gasteiger partial charge >= 0.3 is 0 Å². The molecular weight excluding hydrogens is 305 g/mol. The zero-order chi connectivity index (χ0) is 15.8. The van der Waals surface area contributed by atoms with E-state index in [2.05, 4.69) is 0 Å². The Hall–Kier alpha value is -2.22. The zero-order valence-electron chi connectivity index (χ0n) is 10.8. The first kappa shape index (κ1) is 15.2. The highest BCUT2D eigenvalue weighted by atomic mass is 32.2. The topological polar surface area (TPSA) is 72.2 Å².